The number of carbonyl (C=O) groups is 3. The van der Waals surface area contributed by atoms with E-state index in [2.05, 4.69) is 10.3 Å². The summed E-state index contributed by atoms with van der Waals surface area (Å²) in [5.41, 5.74) is 1.06. The molecule has 2 rings (SSSR count). The Hall–Kier alpha value is -3.94. The van der Waals surface area contributed by atoms with E-state index in [1.807, 2.05) is 44.2 Å². The van der Waals surface area contributed by atoms with E-state index in [0.717, 1.165) is 11.8 Å². The highest BCUT2D eigenvalue weighted by atomic mass is 16.5. The first kappa shape index (κ1) is 28.3. The molecular weight excluding hydrogens is 460 g/mol. The number of carbonyl (C=O) groups excluding carboxylic acids is 3. The zero-order chi connectivity index (χ0) is 26.5. The molecule has 0 aliphatic heterocycles. The largest absolute Gasteiger partial charge is 0.506 e. The van der Waals surface area contributed by atoms with E-state index in [0.29, 0.717) is 12.0 Å². The molecule has 0 heterocycles. The number of rotatable bonds is 12. The lowest BCUT2D eigenvalue weighted by Gasteiger charge is -2.21. The van der Waals surface area contributed by atoms with Gasteiger partial charge in [-0.3, -0.25) is 9.79 Å². The highest BCUT2D eigenvalue weighted by Gasteiger charge is 2.27. The third-order valence-electron chi connectivity index (χ3n) is 5.27. The average Bonchev–Trinajstić information content (AvgIpc) is 2.88. The molecule has 0 aromatic heterocycles. The number of nitrogens with zero attached hydrogens (tertiary/aromatic N) is 1. The molecule has 0 aliphatic rings. The molecule has 0 saturated carbocycles. The number of amides is 1. The van der Waals surface area contributed by atoms with Crippen molar-refractivity contribution in [1.29, 1.82) is 0 Å². The number of nitrogens with one attached hydrogen (secondary N) is 1. The molecule has 2 aromatic rings. The molecule has 0 bridgehead atoms. The Morgan fingerprint density at radius 2 is 1.64 bits per heavy atom. The van der Waals surface area contributed by atoms with Crippen molar-refractivity contribution in [3.05, 3.63) is 77.4 Å². The van der Waals surface area contributed by atoms with Crippen LogP contribution in [0.25, 0.3) is 5.76 Å². The molecular formula is C28H34N2O6. The lowest BCUT2D eigenvalue weighted by atomic mass is 10.0. The first-order valence-corrected chi connectivity index (χ1v) is 11.9. The van der Waals surface area contributed by atoms with E-state index in [-0.39, 0.29) is 30.3 Å². The molecule has 2 N–H and O–H groups in total. The summed E-state index contributed by atoms with van der Waals surface area (Å²) in [6.07, 6.45) is 1.76. The van der Waals surface area contributed by atoms with Gasteiger partial charge in [-0.15, -0.1) is 0 Å². The van der Waals surface area contributed by atoms with Crippen molar-refractivity contribution in [2.45, 2.75) is 45.7 Å². The Balaban J connectivity index is 2.44. The van der Waals surface area contributed by atoms with Gasteiger partial charge >= 0.3 is 11.9 Å². The molecule has 0 unspecified atom stereocenters. The van der Waals surface area contributed by atoms with Gasteiger partial charge in [-0.1, -0.05) is 74.5 Å². The van der Waals surface area contributed by atoms with E-state index < -0.39 is 29.9 Å². The van der Waals surface area contributed by atoms with Crippen molar-refractivity contribution in [3.8, 4) is 0 Å². The maximum Gasteiger partial charge on any atom is 0.343 e. The number of aliphatic imine (C=N–C) groups is 1. The van der Waals surface area contributed by atoms with Crippen molar-refractivity contribution in [3.63, 3.8) is 0 Å². The predicted octanol–water partition coefficient (Wildman–Crippen LogP) is 3.90. The van der Waals surface area contributed by atoms with Crippen molar-refractivity contribution >= 4 is 29.8 Å². The fourth-order valence-corrected chi connectivity index (χ4v) is 3.48. The highest BCUT2D eigenvalue weighted by Crippen LogP contribution is 2.17. The number of ether oxygens (including phenoxy) is 2. The number of hydrogen-bond donors (Lipinski definition) is 2. The van der Waals surface area contributed by atoms with Gasteiger partial charge in [-0.25, -0.2) is 9.59 Å². The molecule has 0 spiro atoms. The smallest absolute Gasteiger partial charge is 0.343 e. The normalized spacial score (nSPS) is 13.6. The van der Waals surface area contributed by atoms with Crippen molar-refractivity contribution in [2.75, 3.05) is 13.7 Å². The third-order valence-corrected chi connectivity index (χ3v) is 5.27. The molecule has 8 heteroatoms. The van der Waals surface area contributed by atoms with Gasteiger partial charge < -0.3 is 19.9 Å². The maximum absolute atomic E-state index is 13.3. The van der Waals surface area contributed by atoms with Crippen molar-refractivity contribution < 1.29 is 29.0 Å². The van der Waals surface area contributed by atoms with Crippen LogP contribution in [0.5, 0.6) is 0 Å². The van der Waals surface area contributed by atoms with Crippen LogP contribution >= 0.6 is 0 Å². The van der Waals surface area contributed by atoms with Gasteiger partial charge in [0.1, 0.15) is 23.4 Å². The van der Waals surface area contributed by atoms with E-state index in [1.165, 1.54) is 7.11 Å². The van der Waals surface area contributed by atoms with Crippen LogP contribution in [0.2, 0.25) is 0 Å². The van der Waals surface area contributed by atoms with E-state index in [9.17, 15) is 19.5 Å². The van der Waals surface area contributed by atoms with Crippen LogP contribution in [0.1, 0.15) is 38.3 Å². The molecule has 2 aromatic carbocycles. The minimum absolute atomic E-state index is 0.0994. The zero-order valence-corrected chi connectivity index (χ0v) is 21.1. The summed E-state index contributed by atoms with van der Waals surface area (Å²) in [5, 5.41) is 13.5. The SMILES string of the molecule is CCOC(=O)/C(C=N[C@@H](Cc1ccccc1)C(=O)N[C@@H](CC(C)C)C(=O)OC)=C(\O)c1ccccc1. The highest BCUT2D eigenvalue weighted by molar-refractivity contribution is 6.15. The summed E-state index contributed by atoms with van der Waals surface area (Å²) in [5.74, 6) is -2.01. The maximum atomic E-state index is 13.3. The van der Waals surface area contributed by atoms with Crippen molar-refractivity contribution in [1.82, 2.24) is 5.32 Å². The van der Waals surface area contributed by atoms with Crippen LogP contribution in [-0.4, -0.2) is 55.0 Å². The van der Waals surface area contributed by atoms with Crippen LogP contribution in [0, 0.1) is 5.92 Å². The third kappa shape index (κ3) is 8.69. The molecule has 0 saturated heterocycles. The van der Waals surface area contributed by atoms with Crippen LogP contribution in [0.3, 0.4) is 0 Å². The standard InChI is InChI=1S/C28H34N2O6/c1-5-36-27(33)22(25(31)21-14-10-7-11-15-21)18-29-23(17-20-12-8-6-9-13-20)26(32)30-24(16-19(2)3)28(34)35-4/h6-15,18-19,23-24,31H,5,16-17H2,1-4H3,(H,30,32)/b25-22-,29-18?/t23-,24-/m0/s1. The minimum atomic E-state index is -0.986. The first-order valence-electron chi connectivity index (χ1n) is 11.9. The molecule has 0 radical (unpaired) electrons. The van der Waals surface area contributed by atoms with E-state index >= 15 is 0 Å². The Morgan fingerprint density at radius 3 is 2.19 bits per heavy atom. The molecule has 0 aliphatic carbocycles. The molecule has 192 valence electrons. The molecule has 1 amide bonds. The van der Waals surface area contributed by atoms with Gasteiger partial charge in [-0.05, 0) is 24.8 Å². The zero-order valence-electron chi connectivity index (χ0n) is 21.1. The number of methoxy groups -OCH3 is 1. The van der Waals surface area contributed by atoms with Gasteiger partial charge in [0.2, 0.25) is 5.91 Å². The molecule has 36 heavy (non-hydrogen) atoms. The summed E-state index contributed by atoms with van der Waals surface area (Å²) in [6.45, 7) is 5.62. The Morgan fingerprint density at radius 1 is 1.03 bits per heavy atom. The van der Waals surface area contributed by atoms with E-state index in [4.69, 9.17) is 9.47 Å². The lowest BCUT2D eigenvalue weighted by Crippen LogP contribution is -2.46. The van der Waals surface area contributed by atoms with Crippen LogP contribution in [-0.2, 0) is 30.3 Å². The number of benzene rings is 2. The number of aliphatic hydroxyl groups is 1. The Bertz CT molecular complexity index is 1060. The second kappa shape index (κ2) is 14.5. The van der Waals surface area contributed by atoms with Gasteiger partial charge in [0.05, 0.1) is 13.7 Å². The quantitative estimate of drug-likeness (QED) is 0.200. The van der Waals surface area contributed by atoms with E-state index in [1.54, 1.807) is 37.3 Å². The second-order valence-corrected chi connectivity index (χ2v) is 8.55. The summed E-state index contributed by atoms with van der Waals surface area (Å²) in [4.78, 5) is 42.6. The second-order valence-electron chi connectivity index (χ2n) is 8.55. The van der Waals surface area contributed by atoms with Crippen LogP contribution in [0.4, 0.5) is 0 Å². The first-order chi connectivity index (χ1) is 17.3. The molecule has 8 nitrogen and oxygen atoms in total. The van der Waals surface area contributed by atoms with Crippen LogP contribution in [0.15, 0.2) is 71.2 Å². The Kier molecular flexibility index (Phi) is 11.4. The summed E-state index contributed by atoms with van der Waals surface area (Å²) >= 11 is 0. The Labute approximate surface area is 212 Å². The van der Waals surface area contributed by atoms with Gasteiger partial charge in [0.15, 0.2) is 0 Å². The monoisotopic (exact) mass is 494 g/mol. The summed E-state index contributed by atoms with van der Waals surface area (Å²) in [7, 11) is 1.27. The topological polar surface area (TPSA) is 114 Å². The molecule has 2 atom stereocenters. The fraction of sp³-hybridized carbons (Fsp3) is 0.357. The number of aliphatic hydroxyl groups excluding tert-OH is 1. The van der Waals surface area contributed by atoms with Gasteiger partial charge in [-0.2, -0.15) is 0 Å². The van der Waals surface area contributed by atoms with Crippen LogP contribution < -0.4 is 5.32 Å². The molecule has 0 fully saturated rings. The minimum Gasteiger partial charge on any atom is -0.506 e. The average molecular weight is 495 g/mol. The lowest BCUT2D eigenvalue weighted by molar-refractivity contribution is -0.145. The number of esters is 2. The van der Waals surface area contributed by atoms with Gasteiger partial charge in [0.25, 0.3) is 0 Å². The van der Waals surface area contributed by atoms with Crippen molar-refractivity contribution in [2.24, 2.45) is 10.9 Å². The van der Waals surface area contributed by atoms with Gasteiger partial charge in [0, 0.05) is 18.2 Å². The summed E-state index contributed by atoms with van der Waals surface area (Å²) in [6, 6.07) is 15.9. The fourth-order valence-electron chi connectivity index (χ4n) is 3.48. The summed E-state index contributed by atoms with van der Waals surface area (Å²) < 4.78 is 9.96. The number of hydrogen-bond acceptors (Lipinski definition) is 7. The predicted molar refractivity (Wildman–Crippen MR) is 138 cm³/mol.